The Kier molecular flexibility index (Phi) is 7.59. The molecule has 2 aromatic carbocycles. The van der Waals surface area contributed by atoms with E-state index in [0.717, 1.165) is 0 Å². The molecule has 8 heteroatoms. The van der Waals surface area contributed by atoms with E-state index < -0.39 is 12.0 Å². The van der Waals surface area contributed by atoms with Gasteiger partial charge in [0, 0.05) is 15.6 Å². The van der Waals surface area contributed by atoms with Crippen LogP contribution in [-0.4, -0.2) is 17.7 Å². The van der Waals surface area contributed by atoms with Crippen LogP contribution in [-0.2, 0) is 4.79 Å². The highest BCUT2D eigenvalue weighted by Crippen LogP contribution is 2.28. The third-order valence-corrected chi connectivity index (χ3v) is 4.52. The van der Waals surface area contributed by atoms with Gasteiger partial charge in [0.05, 0.1) is 15.8 Å². The van der Waals surface area contributed by atoms with E-state index in [1.807, 2.05) is 6.92 Å². The summed E-state index contributed by atoms with van der Waals surface area (Å²) in [6.07, 6.45) is -0.240. The molecular formula is C18H16Cl4N2O2. The molecule has 0 heterocycles. The predicted octanol–water partition coefficient (Wildman–Crippen LogP) is 6.00. The van der Waals surface area contributed by atoms with Gasteiger partial charge in [-0.2, -0.15) is 5.10 Å². The first-order valence-corrected chi connectivity index (χ1v) is 9.26. The summed E-state index contributed by atoms with van der Waals surface area (Å²) in [5.74, 6) is -0.0637. The molecule has 0 fully saturated rings. The van der Waals surface area contributed by atoms with Gasteiger partial charge in [0.25, 0.3) is 5.91 Å². The molecule has 2 rings (SSSR count). The van der Waals surface area contributed by atoms with Crippen LogP contribution < -0.4 is 10.2 Å². The maximum absolute atomic E-state index is 12.2. The summed E-state index contributed by atoms with van der Waals surface area (Å²) in [4.78, 5) is 12.2. The lowest BCUT2D eigenvalue weighted by atomic mass is 10.1. The molecule has 0 aliphatic heterocycles. The van der Waals surface area contributed by atoms with E-state index >= 15 is 0 Å². The zero-order chi connectivity index (χ0) is 19.3. The molecule has 0 aliphatic carbocycles. The van der Waals surface area contributed by atoms with Crippen molar-refractivity contribution >= 4 is 58.0 Å². The number of nitrogens with one attached hydrogen (secondary N) is 1. The topological polar surface area (TPSA) is 50.7 Å². The molecule has 0 aromatic heterocycles. The van der Waals surface area contributed by atoms with Crippen LogP contribution in [0.1, 0.15) is 25.8 Å². The molecule has 0 radical (unpaired) electrons. The Morgan fingerprint density at radius 3 is 2.27 bits per heavy atom. The number of carbonyl (C=O) groups excluding carboxylic acids is 1. The van der Waals surface area contributed by atoms with Crippen molar-refractivity contribution in [2.45, 2.75) is 26.4 Å². The van der Waals surface area contributed by atoms with Crippen molar-refractivity contribution in [2.75, 3.05) is 0 Å². The SMILES string of the molecule is CC/C(=N\NC(=O)C(C)Oc1ccc(Cl)cc1Cl)c1ccc(Cl)cc1Cl. The third kappa shape index (κ3) is 5.52. The molecule has 0 saturated carbocycles. The van der Waals surface area contributed by atoms with Crippen molar-refractivity contribution in [2.24, 2.45) is 5.10 Å². The monoisotopic (exact) mass is 432 g/mol. The summed E-state index contributed by atoms with van der Waals surface area (Å²) in [7, 11) is 0. The van der Waals surface area contributed by atoms with Crippen molar-refractivity contribution in [1.82, 2.24) is 5.43 Å². The third-order valence-electron chi connectivity index (χ3n) is 3.44. The fraction of sp³-hybridized carbons (Fsp3) is 0.222. The molecule has 1 atom stereocenters. The first-order valence-electron chi connectivity index (χ1n) is 7.75. The number of nitrogens with zero attached hydrogens (tertiary/aromatic N) is 1. The van der Waals surface area contributed by atoms with Gasteiger partial charge in [0.2, 0.25) is 0 Å². The highest BCUT2D eigenvalue weighted by Gasteiger charge is 2.16. The molecule has 4 nitrogen and oxygen atoms in total. The van der Waals surface area contributed by atoms with Crippen molar-refractivity contribution in [3.63, 3.8) is 0 Å². The van der Waals surface area contributed by atoms with Crippen LogP contribution in [0.2, 0.25) is 20.1 Å². The highest BCUT2D eigenvalue weighted by molar-refractivity contribution is 6.37. The zero-order valence-electron chi connectivity index (χ0n) is 14.0. The van der Waals surface area contributed by atoms with Crippen LogP contribution in [0.4, 0.5) is 0 Å². The van der Waals surface area contributed by atoms with Gasteiger partial charge in [-0.15, -0.1) is 0 Å². The van der Waals surface area contributed by atoms with Crippen LogP contribution in [0.5, 0.6) is 5.75 Å². The number of ether oxygens (including phenoxy) is 1. The Hall–Kier alpha value is -1.46. The van der Waals surface area contributed by atoms with Crippen LogP contribution >= 0.6 is 46.4 Å². The number of hydrogen-bond donors (Lipinski definition) is 1. The summed E-state index contributed by atoms with van der Waals surface area (Å²) in [5, 5.41) is 5.95. The van der Waals surface area contributed by atoms with Crippen molar-refractivity contribution in [3.05, 3.63) is 62.1 Å². The summed E-state index contributed by atoms with van der Waals surface area (Å²) in [6.45, 7) is 3.50. The number of rotatable bonds is 6. The molecule has 138 valence electrons. The van der Waals surface area contributed by atoms with E-state index in [1.54, 1.807) is 43.3 Å². The van der Waals surface area contributed by atoms with Gasteiger partial charge in [-0.1, -0.05) is 59.4 Å². The minimum absolute atomic E-state index is 0.322. The van der Waals surface area contributed by atoms with Gasteiger partial charge in [-0.25, -0.2) is 5.43 Å². The maximum Gasteiger partial charge on any atom is 0.280 e. The molecule has 1 N–H and O–H groups in total. The van der Waals surface area contributed by atoms with E-state index in [-0.39, 0.29) is 0 Å². The minimum Gasteiger partial charge on any atom is -0.479 e. The largest absolute Gasteiger partial charge is 0.479 e. The van der Waals surface area contributed by atoms with Crippen LogP contribution in [0, 0.1) is 0 Å². The number of halogens is 4. The second-order valence-electron chi connectivity index (χ2n) is 5.35. The van der Waals surface area contributed by atoms with E-state index in [4.69, 9.17) is 51.1 Å². The average molecular weight is 434 g/mol. The molecule has 0 saturated heterocycles. The summed E-state index contributed by atoms with van der Waals surface area (Å²) in [6, 6.07) is 9.86. The Morgan fingerprint density at radius 2 is 1.69 bits per heavy atom. The normalized spacial score (nSPS) is 12.6. The van der Waals surface area contributed by atoms with Gasteiger partial charge in [-0.3, -0.25) is 4.79 Å². The van der Waals surface area contributed by atoms with Crippen LogP contribution in [0.25, 0.3) is 0 Å². The summed E-state index contributed by atoms with van der Waals surface area (Å²) >= 11 is 24.0. The van der Waals surface area contributed by atoms with Gasteiger partial charge in [0.15, 0.2) is 6.10 Å². The van der Waals surface area contributed by atoms with Gasteiger partial charge in [-0.05, 0) is 43.7 Å². The smallest absolute Gasteiger partial charge is 0.280 e. The fourth-order valence-corrected chi connectivity index (χ4v) is 3.05. The molecule has 1 unspecified atom stereocenters. The molecule has 0 spiro atoms. The second-order valence-corrected chi connectivity index (χ2v) is 7.03. The zero-order valence-corrected chi connectivity index (χ0v) is 17.0. The first-order chi connectivity index (χ1) is 12.3. The van der Waals surface area contributed by atoms with Gasteiger partial charge in [0.1, 0.15) is 5.75 Å². The Morgan fingerprint density at radius 1 is 1.08 bits per heavy atom. The minimum atomic E-state index is -0.809. The second kappa shape index (κ2) is 9.47. The Balaban J connectivity index is 2.08. The molecular weight excluding hydrogens is 418 g/mol. The Labute approximate surface area is 172 Å². The van der Waals surface area contributed by atoms with E-state index in [1.165, 1.54) is 0 Å². The van der Waals surface area contributed by atoms with E-state index in [2.05, 4.69) is 10.5 Å². The lowest BCUT2D eigenvalue weighted by molar-refractivity contribution is -0.127. The Bertz CT molecular complexity index is 840. The van der Waals surface area contributed by atoms with Gasteiger partial charge < -0.3 is 4.74 Å². The predicted molar refractivity (Wildman–Crippen MR) is 108 cm³/mol. The molecule has 1 amide bonds. The lowest BCUT2D eigenvalue weighted by Gasteiger charge is -2.15. The highest BCUT2D eigenvalue weighted by atomic mass is 35.5. The van der Waals surface area contributed by atoms with Gasteiger partial charge >= 0.3 is 0 Å². The van der Waals surface area contributed by atoms with E-state index in [9.17, 15) is 4.79 Å². The van der Waals surface area contributed by atoms with E-state index in [0.29, 0.717) is 43.5 Å². The summed E-state index contributed by atoms with van der Waals surface area (Å²) in [5.41, 5.74) is 3.81. The van der Waals surface area contributed by atoms with Crippen LogP contribution in [0.3, 0.4) is 0 Å². The average Bonchev–Trinajstić information content (AvgIpc) is 2.59. The number of benzene rings is 2. The fourth-order valence-electron chi connectivity index (χ4n) is 2.08. The molecule has 0 aliphatic rings. The number of amides is 1. The van der Waals surface area contributed by atoms with Crippen molar-refractivity contribution in [3.8, 4) is 5.75 Å². The first kappa shape index (κ1) is 20.8. The lowest BCUT2D eigenvalue weighted by Crippen LogP contribution is -2.34. The molecule has 2 aromatic rings. The molecule has 26 heavy (non-hydrogen) atoms. The maximum atomic E-state index is 12.2. The van der Waals surface area contributed by atoms with Crippen molar-refractivity contribution in [1.29, 1.82) is 0 Å². The number of hydrazone groups is 1. The molecule has 0 bridgehead atoms. The quantitative estimate of drug-likeness (QED) is 0.448. The summed E-state index contributed by atoms with van der Waals surface area (Å²) < 4.78 is 5.56. The van der Waals surface area contributed by atoms with Crippen LogP contribution in [0.15, 0.2) is 41.5 Å². The van der Waals surface area contributed by atoms with Crippen molar-refractivity contribution < 1.29 is 9.53 Å². The number of carbonyl (C=O) groups is 1. The number of hydrogen-bond acceptors (Lipinski definition) is 3. The standard InChI is InChI=1S/C18H16Cl4N2O2/c1-3-16(13-6-4-11(19)8-14(13)21)23-24-18(25)10(2)26-17-7-5-12(20)9-15(17)22/h4-10H,3H2,1-2H3,(H,24,25)/b23-16+.